The summed E-state index contributed by atoms with van der Waals surface area (Å²) < 4.78 is 5.59. The molecule has 27 heavy (non-hydrogen) atoms. The summed E-state index contributed by atoms with van der Waals surface area (Å²) in [6.07, 6.45) is 0.303. The van der Waals surface area contributed by atoms with Gasteiger partial charge < -0.3 is 4.42 Å². The third kappa shape index (κ3) is 4.52. The number of nitrogens with one attached hydrogen (secondary N) is 2. The van der Waals surface area contributed by atoms with E-state index in [0.29, 0.717) is 17.8 Å². The second-order valence-corrected chi connectivity index (χ2v) is 7.57. The van der Waals surface area contributed by atoms with Crippen molar-refractivity contribution in [3.8, 4) is 0 Å². The Labute approximate surface area is 162 Å². The van der Waals surface area contributed by atoms with E-state index in [1.165, 1.54) is 11.1 Å². The summed E-state index contributed by atoms with van der Waals surface area (Å²) in [6, 6.07) is 13.7. The second kappa shape index (κ2) is 8.31. The number of hydrogen-bond donors (Lipinski definition) is 2. The lowest BCUT2D eigenvalue weighted by Crippen LogP contribution is -2.41. The van der Waals surface area contributed by atoms with Gasteiger partial charge in [0.1, 0.15) is 5.58 Å². The highest BCUT2D eigenvalue weighted by Gasteiger charge is 2.17. The first kappa shape index (κ1) is 19.0. The smallest absolute Gasteiger partial charge is 0.305 e. The van der Waals surface area contributed by atoms with Crippen molar-refractivity contribution in [2.75, 3.05) is 5.75 Å². The Bertz CT molecular complexity index is 994. The number of amides is 2. The standard InChI is InChI=1S/C21H22N2O3S/c1-13-8-9-16(12-14(13)2)27-11-10-19(24)22-23-21(25)20-15(3)17-6-4-5-7-18(17)26-20/h4-9,12H,10-11H2,1-3H3,(H,22,24)(H,23,25). The quantitative estimate of drug-likeness (QED) is 0.510. The van der Waals surface area contributed by atoms with Crippen molar-refractivity contribution in [3.63, 3.8) is 0 Å². The molecule has 2 amide bonds. The van der Waals surface area contributed by atoms with Gasteiger partial charge in [-0.3, -0.25) is 20.4 Å². The topological polar surface area (TPSA) is 71.3 Å². The van der Waals surface area contributed by atoms with Crippen LogP contribution in [0.5, 0.6) is 0 Å². The minimum Gasteiger partial charge on any atom is -0.451 e. The molecule has 0 atom stereocenters. The van der Waals surface area contributed by atoms with Gasteiger partial charge in [-0.05, 0) is 50.1 Å². The second-order valence-electron chi connectivity index (χ2n) is 6.40. The minimum atomic E-state index is -0.459. The normalized spacial score (nSPS) is 10.8. The monoisotopic (exact) mass is 382 g/mol. The molecule has 3 rings (SSSR count). The van der Waals surface area contributed by atoms with Crippen molar-refractivity contribution in [3.05, 3.63) is 64.9 Å². The van der Waals surface area contributed by atoms with Crippen LogP contribution in [-0.2, 0) is 4.79 Å². The van der Waals surface area contributed by atoms with Gasteiger partial charge in [-0.15, -0.1) is 11.8 Å². The van der Waals surface area contributed by atoms with Crippen molar-refractivity contribution in [2.24, 2.45) is 0 Å². The van der Waals surface area contributed by atoms with E-state index in [0.717, 1.165) is 15.8 Å². The molecule has 0 aliphatic carbocycles. The van der Waals surface area contributed by atoms with E-state index < -0.39 is 5.91 Å². The zero-order valence-electron chi connectivity index (χ0n) is 15.6. The number of hydrogen-bond acceptors (Lipinski definition) is 4. The molecule has 2 N–H and O–H groups in total. The highest BCUT2D eigenvalue weighted by molar-refractivity contribution is 7.99. The molecule has 0 aliphatic heterocycles. The van der Waals surface area contributed by atoms with Crippen molar-refractivity contribution in [1.29, 1.82) is 0 Å². The Morgan fingerprint density at radius 1 is 1.00 bits per heavy atom. The number of furan rings is 1. The Balaban J connectivity index is 1.49. The molecule has 6 heteroatoms. The van der Waals surface area contributed by atoms with Crippen LogP contribution in [0.25, 0.3) is 11.0 Å². The zero-order valence-corrected chi connectivity index (χ0v) is 16.4. The molecule has 0 radical (unpaired) electrons. The molecule has 0 unspecified atom stereocenters. The molecule has 2 aromatic carbocycles. The van der Waals surface area contributed by atoms with Crippen LogP contribution in [0, 0.1) is 20.8 Å². The molecule has 5 nitrogen and oxygen atoms in total. The summed E-state index contributed by atoms with van der Waals surface area (Å²) in [4.78, 5) is 25.4. The first-order valence-electron chi connectivity index (χ1n) is 8.73. The van der Waals surface area contributed by atoms with E-state index in [1.807, 2.05) is 31.2 Å². The third-order valence-electron chi connectivity index (χ3n) is 4.44. The molecule has 0 aliphatic rings. The number of rotatable bonds is 5. The molecule has 140 valence electrons. The highest BCUT2D eigenvalue weighted by Crippen LogP contribution is 2.24. The highest BCUT2D eigenvalue weighted by atomic mass is 32.2. The number of fused-ring (bicyclic) bond motifs is 1. The lowest BCUT2D eigenvalue weighted by molar-refractivity contribution is -0.121. The molecule has 0 bridgehead atoms. The number of benzene rings is 2. The van der Waals surface area contributed by atoms with E-state index in [-0.39, 0.29) is 11.7 Å². The lowest BCUT2D eigenvalue weighted by Gasteiger charge is -2.07. The van der Waals surface area contributed by atoms with Crippen LogP contribution in [0.15, 0.2) is 51.8 Å². The van der Waals surface area contributed by atoms with E-state index in [2.05, 4.69) is 42.9 Å². The largest absolute Gasteiger partial charge is 0.451 e. The van der Waals surface area contributed by atoms with Gasteiger partial charge >= 0.3 is 5.91 Å². The van der Waals surface area contributed by atoms with E-state index >= 15 is 0 Å². The van der Waals surface area contributed by atoms with Crippen LogP contribution < -0.4 is 10.9 Å². The van der Waals surface area contributed by atoms with Gasteiger partial charge in [0.2, 0.25) is 5.91 Å². The number of carbonyl (C=O) groups excluding carboxylic acids is 2. The Kier molecular flexibility index (Phi) is 5.86. The van der Waals surface area contributed by atoms with Crippen molar-refractivity contribution in [2.45, 2.75) is 32.1 Å². The van der Waals surface area contributed by atoms with Crippen LogP contribution in [-0.4, -0.2) is 17.6 Å². The van der Waals surface area contributed by atoms with Crippen molar-refractivity contribution >= 4 is 34.5 Å². The zero-order chi connectivity index (χ0) is 19.4. The molecule has 3 aromatic rings. The number of para-hydroxylation sites is 1. The fraction of sp³-hybridized carbons (Fsp3) is 0.238. The number of thioether (sulfide) groups is 1. The fourth-order valence-corrected chi connectivity index (χ4v) is 3.65. The third-order valence-corrected chi connectivity index (χ3v) is 5.44. The summed E-state index contributed by atoms with van der Waals surface area (Å²) >= 11 is 1.62. The minimum absolute atomic E-state index is 0.209. The summed E-state index contributed by atoms with van der Waals surface area (Å²) in [5.74, 6) is 0.141. The summed E-state index contributed by atoms with van der Waals surface area (Å²) in [6.45, 7) is 5.97. The molecule has 0 saturated carbocycles. The van der Waals surface area contributed by atoms with E-state index in [4.69, 9.17) is 4.42 Å². The van der Waals surface area contributed by atoms with Gasteiger partial charge in [-0.25, -0.2) is 0 Å². The first-order valence-corrected chi connectivity index (χ1v) is 9.71. The average Bonchev–Trinajstić information content (AvgIpc) is 3.00. The SMILES string of the molecule is Cc1ccc(SCCC(=O)NNC(=O)c2oc3ccccc3c2C)cc1C. The number of aryl methyl sites for hydroxylation is 3. The molecular weight excluding hydrogens is 360 g/mol. The number of hydrazine groups is 1. The summed E-state index contributed by atoms with van der Waals surface area (Å²) in [5.41, 5.74) is 8.76. The van der Waals surface area contributed by atoms with Gasteiger partial charge in [0.05, 0.1) is 0 Å². The molecule has 1 heterocycles. The first-order chi connectivity index (χ1) is 13.0. The summed E-state index contributed by atoms with van der Waals surface area (Å²) in [7, 11) is 0. The van der Waals surface area contributed by atoms with Crippen molar-refractivity contribution in [1.82, 2.24) is 10.9 Å². The van der Waals surface area contributed by atoms with Gasteiger partial charge in [0, 0.05) is 28.0 Å². The van der Waals surface area contributed by atoms with Gasteiger partial charge in [-0.1, -0.05) is 24.3 Å². The maximum absolute atomic E-state index is 12.3. The molecule has 0 spiro atoms. The van der Waals surface area contributed by atoms with E-state index in [1.54, 1.807) is 11.8 Å². The van der Waals surface area contributed by atoms with Crippen LogP contribution in [0.2, 0.25) is 0 Å². The predicted molar refractivity (Wildman–Crippen MR) is 108 cm³/mol. The lowest BCUT2D eigenvalue weighted by atomic mass is 10.1. The number of carbonyl (C=O) groups is 2. The fourth-order valence-electron chi connectivity index (χ4n) is 2.70. The average molecular weight is 382 g/mol. The maximum Gasteiger partial charge on any atom is 0.305 e. The van der Waals surface area contributed by atoms with Crippen LogP contribution >= 0.6 is 11.8 Å². The van der Waals surface area contributed by atoms with E-state index in [9.17, 15) is 9.59 Å². The Morgan fingerprint density at radius 2 is 1.78 bits per heavy atom. The van der Waals surface area contributed by atoms with Gasteiger partial charge in [0.25, 0.3) is 0 Å². The Hall–Kier alpha value is -2.73. The Morgan fingerprint density at radius 3 is 2.52 bits per heavy atom. The molecular formula is C21H22N2O3S. The maximum atomic E-state index is 12.3. The van der Waals surface area contributed by atoms with Gasteiger partial charge in [0.15, 0.2) is 5.76 Å². The van der Waals surface area contributed by atoms with Crippen LogP contribution in [0.1, 0.15) is 33.7 Å². The predicted octanol–water partition coefficient (Wildman–Crippen LogP) is 4.30. The van der Waals surface area contributed by atoms with Crippen molar-refractivity contribution < 1.29 is 14.0 Å². The molecule has 1 aromatic heterocycles. The molecule has 0 saturated heterocycles. The molecule has 0 fully saturated rings. The van der Waals surface area contributed by atoms with Gasteiger partial charge in [-0.2, -0.15) is 0 Å². The summed E-state index contributed by atoms with van der Waals surface area (Å²) in [5, 5.41) is 0.888. The van der Waals surface area contributed by atoms with Crippen LogP contribution in [0.3, 0.4) is 0 Å². The van der Waals surface area contributed by atoms with Crippen LogP contribution in [0.4, 0.5) is 0 Å².